The molecule has 0 saturated heterocycles. The highest BCUT2D eigenvalue weighted by atomic mass is 16.5. The van der Waals surface area contributed by atoms with Crippen LogP contribution in [0.1, 0.15) is 6.23 Å². The Labute approximate surface area is 123 Å². The first-order valence-corrected chi connectivity index (χ1v) is 6.50. The van der Waals surface area contributed by atoms with Gasteiger partial charge in [0, 0.05) is 19.5 Å². The van der Waals surface area contributed by atoms with Crippen molar-refractivity contribution in [2.45, 2.75) is 18.4 Å². The van der Waals surface area contributed by atoms with E-state index in [0.717, 1.165) is 0 Å². The molecule has 0 radical (unpaired) electrons. The van der Waals surface area contributed by atoms with Crippen molar-refractivity contribution in [2.24, 2.45) is 0 Å². The molecule has 0 saturated carbocycles. The highest BCUT2D eigenvalue weighted by molar-refractivity contribution is 5.71. The number of aromatic nitrogens is 5. The number of methoxy groups -OCH3 is 1. The summed E-state index contributed by atoms with van der Waals surface area (Å²) >= 11 is 0. The van der Waals surface area contributed by atoms with Gasteiger partial charge in [-0.2, -0.15) is 0 Å². The van der Waals surface area contributed by atoms with E-state index in [1.165, 1.54) is 34.8 Å². The molecule has 3 aromatic heterocycles. The number of aliphatic hydroxyl groups is 3. The molecule has 0 unspecified atom stereocenters. The Balaban J connectivity index is 2.11. The van der Waals surface area contributed by atoms with Crippen molar-refractivity contribution in [2.75, 3.05) is 13.7 Å². The van der Waals surface area contributed by atoms with Crippen molar-refractivity contribution in [1.29, 1.82) is 0 Å². The summed E-state index contributed by atoms with van der Waals surface area (Å²) in [5.74, 6) is 0.284. The van der Waals surface area contributed by atoms with E-state index in [4.69, 9.17) is 9.84 Å². The van der Waals surface area contributed by atoms with Crippen LogP contribution in [0, 0.1) is 0 Å². The van der Waals surface area contributed by atoms with Crippen LogP contribution in [0.5, 0.6) is 0 Å². The summed E-state index contributed by atoms with van der Waals surface area (Å²) in [6.07, 6.45) is 0.315. The average Bonchev–Trinajstić information content (AvgIpc) is 3.15. The van der Waals surface area contributed by atoms with Crippen LogP contribution < -0.4 is 5.56 Å². The number of H-pyrrole nitrogens is 1. The van der Waals surface area contributed by atoms with Crippen molar-refractivity contribution >= 4 is 16.9 Å². The summed E-state index contributed by atoms with van der Waals surface area (Å²) in [7, 11) is 1.30. The second-order valence-electron chi connectivity index (χ2n) is 4.76. The van der Waals surface area contributed by atoms with E-state index in [9.17, 15) is 15.0 Å². The summed E-state index contributed by atoms with van der Waals surface area (Å²) < 4.78 is 7.37. The molecule has 4 N–H and O–H groups in total. The second-order valence-corrected chi connectivity index (χ2v) is 4.76. The van der Waals surface area contributed by atoms with Crippen LogP contribution in [0.25, 0.3) is 16.9 Å². The van der Waals surface area contributed by atoms with Gasteiger partial charge in [0.1, 0.15) is 17.9 Å². The van der Waals surface area contributed by atoms with Gasteiger partial charge in [0.05, 0.1) is 12.9 Å². The molecule has 0 aromatic carbocycles. The minimum absolute atomic E-state index is 0.0923. The SMILES string of the molecule is CO[C@H](CO)[C@@H](O)[C@@H](O)n1cnc2c(=O)n3ccnc3[nH]c21. The van der Waals surface area contributed by atoms with E-state index in [-0.39, 0.29) is 16.9 Å². The molecule has 118 valence electrons. The first-order valence-electron chi connectivity index (χ1n) is 6.50. The number of rotatable bonds is 5. The summed E-state index contributed by atoms with van der Waals surface area (Å²) in [6, 6.07) is 0. The van der Waals surface area contributed by atoms with Crippen LogP contribution in [-0.2, 0) is 4.74 Å². The number of aromatic amines is 1. The zero-order valence-electron chi connectivity index (χ0n) is 11.6. The Morgan fingerprint density at radius 2 is 2.18 bits per heavy atom. The smallest absolute Gasteiger partial charge is 0.287 e. The van der Waals surface area contributed by atoms with Crippen molar-refractivity contribution in [3.63, 3.8) is 0 Å². The van der Waals surface area contributed by atoms with Crippen LogP contribution >= 0.6 is 0 Å². The lowest BCUT2D eigenvalue weighted by Crippen LogP contribution is -2.38. The van der Waals surface area contributed by atoms with Crippen LogP contribution in [0.4, 0.5) is 0 Å². The molecule has 0 aliphatic heterocycles. The maximum absolute atomic E-state index is 12.2. The van der Waals surface area contributed by atoms with E-state index in [1.54, 1.807) is 0 Å². The molecule has 0 amide bonds. The van der Waals surface area contributed by atoms with Gasteiger partial charge in [-0.3, -0.25) is 9.36 Å². The quantitative estimate of drug-likeness (QED) is 0.437. The maximum Gasteiger partial charge on any atom is 0.287 e. The third-order valence-corrected chi connectivity index (χ3v) is 3.54. The molecule has 3 aromatic rings. The molecule has 0 aliphatic carbocycles. The maximum atomic E-state index is 12.2. The number of nitrogens with one attached hydrogen (secondary N) is 1. The molecule has 3 rings (SSSR count). The van der Waals surface area contributed by atoms with Gasteiger partial charge >= 0.3 is 0 Å². The minimum atomic E-state index is -1.46. The monoisotopic (exact) mass is 309 g/mol. The fourth-order valence-corrected chi connectivity index (χ4v) is 2.30. The molecule has 3 heterocycles. The summed E-state index contributed by atoms with van der Waals surface area (Å²) in [4.78, 5) is 23.0. The molecule has 22 heavy (non-hydrogen) atoms. The lowest BCUT2D eigenvalue weighted by molar-refractivity contribution is -0.116. The van der Waals surface area contributed by atoms with Gasteiger partial charge in [-0.25, -0.2) is 14.4 Å². The number of ether oxygens (including phenoxy) is 1. The Morgan fingerprint density at radius 1 is 1.41 bits per heavy atom. The summed E-state index contributed by atoms with van der Waals surface area (Å²) in [5, 5.41) is 29.4. The lowest BCUT2D eigenvalue weighted by Gasteiger charge is -2.25. The van der Waals surface area contributed by atoms with Crippen molar-refractivity contribution in [1.82, 2.24) is 23.9 Å². The van der Waals surface area contributed by atoms with E-state index in [1.807, 2.05) is 0 Å². The highest BCUT2D eigenvalue weighted by Crippen LogP contribution is 2.18. The third kappa shape index (κ3) is 2.09. The zero-order chi connectivity index (χ0) is 15.9. The molecule has 0 spiro atoms. The van der Waals surface area contributed by atoms with Gasteiger partial charge in [0.15, 0.2) is 11.7 Å². The van der Waals surface area contributed by atoms with E-state index >= 15 is 0 Å². The number of nitrogens with zero attached hydrogens (tertiary/aromatic N) is 4. The summed E-state index contributed by atoms with van der Waals surface area (Å²) in [5.41, 5.74) is -0.0927. The summed E-state index contributed by atoms with van der Waals surface area (Å²) in [6.45, 7) is -0.470. The Morgan fingerprint density at radius 3 is 2.86 bits per heavy atom. The Kier molecular flexibility index (Phi) is 3.66. The van der Waals surface area contributed by atoms with E-state index in [2.05, 4.69) is 15.0 Å². The van der Waals surface area contributed by atoms with Gasteiger partial charge in [0.2, 0.25) is 5.78 Å². The zero-order valence-corrected chi connectivity index (χ0v) is 11.6. The average molecular weight is 309 g/mol. The topological polar surface area (TPSA) is 138 Å². The number of hydrogen-bond donors (Lipinski definition) is 4. The van der Waals surface area contributed by atoms with Gasteiger partial charge in [-0.05, 0) is 0 Å². The molecular formula is C12H15N5O5. The number of fused-ring (bicyclic) bond motifs is 2. The molecule has 0 bridgehead atoms. The van der Waals surface area contributed by atoms with Crippen LogP contribution in [0.2, 0.25) is 0 Å². The molecule has 0 aliphatic rings. The van der Waals surface area contributed by atoms with Crippen molar-refractivity contribution < 1.29 is 20.1 Å². The second kappa shape index (κ2) is 5.50. The van der Waals surface area contributed by atoms with Crippen LogP contribution in [0.3, 0.4) is 0 Å². The van der Waals surface area contributed by atoms with Gasteiger partial charge in [-0.1, -0.05) is 0 Å². The fourth-order valence-electron chi connectivity index (χ4n) is 2.30. The van der Waals surface area contributed by atoms with E-state index in [0.29, 0.717) is 0 Å². The first-order chi connectivity index (χ1) is 10.6. The van der Waals surface area contributed by atoms with Gasteiger partial charge < -0.3 is 25.0 Å². The standard InChI is InChI=1S/C12H15N5O5/c1-22-6(4-18)8(19)11(21)17-5-14-7-9(17)15-12-13-2-3-16(12)10(7)20/h2-3,5-6,8,11,18-19,21H,4H2,1H3,(H,13,15)/t6-,8-,11-/m1/s1. The van der Waals surface area contributed by atoms with Crippen molar-refractivity contribution in [3.05, 3.63) is 29.1 Å². The third-order valence-electron chi connectivity index (χ3n) is 3.54. The minimum Gasteiger partial charge on any atom is -0.394 e. The number of hydrogen-bond acceptors (Lipinski definition) is 7. The van der Waals surface area contributed by atoms with Crippen molar-refractivity contribution in [3.8, 4) is 0 Å². The van der Waals surface area contributed by atoms with E-state index < -0.39 is 30.6 Å². The number of imidazole rings is 2. The Bertz CT molecular complexity index is 848. The van der Waals surface area contributed by atoms with Gasteiger partial charge in [0.25, 0.3) is 5.56 Å². The first kappa shape index (κ1) is 14.7. The predicted octanol–water partition coefficient (Wildman–Crippen LogP) is -1.77. The molecule has 10 nitrogen and oxygen atoms in total. The lowest BCUT2D eigenvalue weighted by atomic mass is 10.2. The molecule has 10 heteroatoms. The molecular weight excluding hydrogens is 294 g/mol. The predicted molar refractivity (Wildman–Crippen MR) is 74.2 cm³/mol. The molecule has 3 atom stereocenters. The normalized spacial score (nSPS) is 16.2. The Hall–Kier alpha value is -2.27. The van der Waals surface area contributed by atoms with Crippen LogP contribution in [0.15, 0.2) is 23.5 Å². The molecule has 0 fully saturated rings. The largest absolute Gasteiger partial charge is 0.394 e. The van der Waals surface area contributed by atoms with Crippen LogP contribution in [-0.4, -0.2) is 65.2 Å². The van der Waals surface area contributed by atoms with Gasteiger partial charge in [-0.15, -0.1) is 0 Å². The fraction of sp³-hybridized carbons (Fsp3) is 0.417. The number of aliphatic hydroxyl groups excluding tert-OH is 3. The highest BCUT2D eigenvalue weighted by Gasteiger charge is 2.28.